The molecule has 0 amide bonds. The molecule has 0 aliphatic heterocycles. The smallest absolute Gasteiger partial charge is 0.336 e. The first-order valence-electron chi connectivity index (χ1n) is 11.2. The number of hydrogen-bond acceptors (Lipinski definition) is 6. The van der Waals surface area contributed by atoms with E-state index in [2.05, 4.69) is 0 Å². The van der Waals surface area contributed by atoms with Crippen LogP contribution in [-0.4, -0.2) is 16.7 Å². The van der Waals surface area contributed by atoms with Crippen LogP contribution in [0.2, 0.25) is 0 Å². The van der Waals surface area contributed by atoms with E-state index in [-0.39, 0.29) is 5.56 Å². The standard InChI is InChI=1S/C28H24N2O4S/c1-16-9-12-24(33-4)23(13-16)30-27(32)21-7-5-6-8-22(21)29-28(30)35-15-19-14-25(31)34-26-18(3)17(2)10-11-20(19)26/h5-14H,15H2,1-4H3. The first-order chi connectivity index (χ1) is 16.9. The quantitative estimate of drug-likeness (QED) is 0.181. The van der Waals surface area contributed by atoms with Crippen LogP contribution in [0.5, 0.6) is 5.75 Å². The summed E-state index contributed by atoms with van der Waals surface area (Å²) < 4.78 is 12.7. The minimum Gasteiger partial charge on any atom is -0.495 e. The van der Waals surface area contributed by atoms with Crippen LogP contribution in [0.3, 0.4) is 0 Å². The molecule has 0 atom stereocenters. The van der Waals surface area contributed by atoms with Gasteiger partial charge in [0, 0.05) is 17.2 Å². The molecule has 0 aliphatic rings. The Bertz CT molecular complexity index is 1720. The van der Waals surface area contributed by atoms with Gasteiger partial charge in [-0.3, -0.25) is 9.36 Å². The molecule has 35 heavy (non-hydrogen) atoms. The lowest BCUT2D eigenvalue weighted by Crippen LogP contribution is -2.22. The number of hydrogen-bond donors (Lipinski definition) is 0. The number of nitrogens with zero attached hydrogens (tertiary/aromatic N) is 2. The molecular formula is C28H24N2O4S. The van der Waals surface area contributed by atoms with Gasteiger partial charge in [-0.05, 0) is 67.3 Å². The van der Waals surface area contributed by atoms with Crippen LogP contribution >= 0.6 is 11.8 Å². The molecule has 0 fully saturated rings. The van der Waals surface area contributed by atoms with Crippen molar-refractivity contribution in [3.05, 3.63) is 104 Å². The molecule has 0 aliphatic carbocycles. The number of benzene rings is 3. The Kier molecular flexibility index (Phi) is 5.94. The molecule has 0 saturated carbocycles. The highest BCUT2D eigenvalue weighted by Gasteiger charge is 2.18. The Balaban J connectivity index is 1.69. The van der Waals surface area contributed by atoms with Gasteiger partial charge < -0.3 is 9.15 Å². The summed E-state index contributed by atoms with van der Waals surface area (Å²) in [6, 6.07) is 18.5. The van der Waals surface area contributed by atoms with Gasteiger partial charge in [0.2, 0.25) is 0 Å². The van der Waals surface area contributed by atoms with Gasteiger partial charge >= 0.3 is 5.63 Å². The molecule has 176 valence electrons. The van der Waals surface area contributed by atoms with Gasteiger partial charge in [0.1, 0.15) is 11.3 Å². The lowest BCUT2D eigenvalue weighted by Gasteiger charge is -2.17. The van der Waals surface area contributed by atoms with Crippen LogP contribution in [0, 0.1) is 20.8 Å². The summed E-state index contributed by atoms with van der Waals surface area (Å²) in [5, 5.41) is 1.92. The Morgan fingerprint density at radius 2 is 1.77 bits per heavy atom. The van der Waals surface area contributed by atoms with Crippen LogP contribution in [0.25, 0.3) is 27.6 Å². The van der Waals surface area contributed by atoms with E-state index in [4.69, 9.17) is 14.1 Å². The number of thioether (sulfide) groups is 1. The van der Waals surface area contributed by atoms with Gasteiger partial charge in [-0.2, -0.15) is 0 Å². The number of aromatic nitrogens is 2. The fraction of sp³-hybridized carbons (Fsp3) is 0.179. The number of ether oxygens (including phenoxy) is 1. The van der Waals surface area contributed by atoms with E-state index in [1.807, 2.05) is 69.3 Å². The summed E-state index contributed by atoms with van der Waals surface area (Å²) in [5.41, 5.74) is 5.09. The van der Waals surface area contributed by atoms with Crippen molar-refractivity contribution in [2.75, 3.05) is 7.11 Å². The molecule has 7 heteroatoms. The zero-order chi connectivity index (χ0) is 24.7. The van der Waals surface area contributed by atoms with Crippen molar-refractivity contribution >= 4 is 33.6 Å². The fourth-order valence-electron chi connectivity index (χ4n) is 4.18. The van der Waals surface area contributed by atoms with Crippen molar-refractivity contribution in [2.24, 2.45) is 0 Å². The van der Waals surface area contributed by atoms with E-state index in [0.717, 1.165) is 27.6 Å². The average Bonchev–Trinajstić information content (AvgIpc) is 2.85. The van der Waals surface area contributed by atoms with Crippen molar-refractivity contribution in [1.82, 2.24) is 9.55 Å². The van der Waals surface area contributed by atoms with Gasteiger partial charge in [0.15, 0.2) is 5.16 Å². The second kappa shape index (κ2) is 9.07. The minimum absolute atomic E-state index is 0.175. The first kappa shape index (κ1) is 22.9. The third kappa shape index (κ3) is 4.12. The number of aryl methyl sites for hydroxylation is 3. The molecule has 0 unspecified atom stereocenters. The molecule has 5 rings (SSSR count). The molecule has 6 nitrogen and oxygen atoms in total. The molecule has 2 aromatic heterocycles. The first-order valence-corrected chi connectivity index (χ1v) is 12.2. The Labute approximate surface area is 206 Å². The fourth-order valence-corrected chi connectivity index (χ4v) is 5.18. The van der Waals surface area contributed by atoms with Gasteiger partial charge in [-0.15, -0.1) is 0 Å². The van der Waals surface area contributed by atoms with Gasteiger partial charge in [0.25, 0.3) is 5.56 Å². The highest BCUT2D eigenvalue weighted by molar-refractivity contribution is 7.98. The summed E-state index contributed by atoms with van der Waals surface area (Å²) in [6.45, 7) is 5.90. The van der Waals surface area contributed by atoms with Gasteiger partial charge in [0.05, 0.1) is 23.7 Å². The molecule has 3 aromatic carbocycles. The molecule has 0 saturated heterocycles. The zero-order valence-corrected chi connectivity index (χ0v) is 20.7. The molecule has 0 N–H and O–H groups in total. The summed E-state index contributed by atoms with van der Waals surface area (Å²) in [6.07, 6.45) is 0. The maximum Gasteiger partial charge on any atom is 0.336 e. The predicted molar refractivity (Wildman–Crippen MR) is 140 cm³/mol. The predicted octanol–water partition coefficient (Wildman–Crippen LogP) is 5.72. The molecule has 0 spiro atoms. The number of rotatable bonds is 5. The average molecular weight is 485 g/mol. The van der Waals surface area contributed by atoms with Crippen molar-refractivity contribution in [3.8, 4) is 11.4 Å². The van der Waals surface area contributed by atoms with Crippen molar-refractivity contribution in [3.63, 3.8) is 0 Å². The maximum atomic E-state index is 13.7. The van der Waals surface area contributed by atoms with Crippen LogP contribution in [0.15, 0.2) is 79.8 Å². The minimum atomic E-state index is -0.397. The third-order valence-corrected chi connectivity index (χ3v) is 7.18. The largest absolute Gasteiger partial charge is 0.495 e. The SMILES string of the molecule is COc1ccc(C)cc1-n1c(SCc2cc(=O)oc3c(C)c(C)ccc23)nc2ccccc2c1=O. The molecule has 2 heterocycles. The number of methoxy groups -OCH3 is 1. The second-order valence-corrected chi connectivity index (χ2v) is 9.43. The summed E-state index contributed by atoms with van der Waals surface area (Å²) in [4.78, 5) is 30.9. The summed E-state index contributed by atoms with van der Waals surface area (Å²) in [5.74, 6) is 1.01. The Hall–Kier alpha value is -3.84. The van der Waals surface area contributed by atoms with E-state index < -0.39 is 5.63 Å². The Morgan fingerprint density at radius 3 is 2.57 bits per heavy atom. The molecule has 0 radical (unpaired) electrons. The molecule has 5 aromatic rings. The summed E-state index contributed by atoms with van der Waals surface area (Å²) in [7, 11) is 1.58. The monoisotopic (exact) mass is 484 g/mol. The van der Waals surface area contributed by atoms with Crippen molar-refractivity contribution in [2.45, 2.75) is 31.7 Å². The lowest BCUT2D eigenvalue weighted by molar-refractivity contribution is 0.411. The van der Waals surface area contributed by atoms with E-state index in [0.29, 0.717) is 38.8 Å². The maximum absolute atomic E-state index is 13.7. The van der Waals surface area contributed by atoms with Gasteiger partial charge in [-0.25, -0.2) is 9.78 Å². The van der Waals surface area contributed by atoms with E-state index >= 15 is 0 Å². The van der Waals surface area contributed by atoms with Crippen LogP contribution in [-0.2, 0) is 5.75 Å². The van der Waals surface area contributed by atoms with Crippen LogP contribution in [0.1, 0.15) is 22.3 Å². The van der Waals surface area contributed by atoms with Crippen LogP contribution in [0.4, 0.5) is 0 Å². The Morgan fingerprint density at radius 1 is 0.971 bits per heavy atom. The normalized spacial score (nSPS) is 11.3. The number of fused-ring (bicyclic) bond motifs is 2. The summed E-state index contributed by atoms with van der Waals surface area (Å²) >= 11 is 1.40. The molecular weight excluding hydrogens is 460 g/mol. The van der Waals surface area contributed by atoms with E-state index in [9.17, 15) is 9.59 Å². The number of para-hydroxylation sites is 1. The van der Waals surface area contributed by atoms with Crippen LogP contribution < -0.4 is 15.9 Å². The van der Waals surface area contributed by atoms with Crippen molar-refractivity contribution < 1.29 is 9.15 Å². The zero-order valence-electron chi connectivity index (χ0n) is 19.9. The lowest BCUT2D eigenvalue weighted by atomic mass is 10.0. The third-order valence-electron chi connectivity index (χ3n) is 6.19. The second-order valence-electron chi connectivity index (χ2n) is 8.49. The highest BCUT2D eigenvalue weighted by Crippen LogP contribution is 2.32. The van der Waals surface area contributed by atoms with E-state index in [1.54, 1.807) is 17.7 Å². The molecule has 0 bridgehead atoms. The van der Waals surface area contributed by atoms with E-state index in [1.165, 1.54) is 17.8 Å². The topological polar surface area (TPSA) is 74.3 Å². The van der Waals surface area contributed by atoms with Crippen molar-refractivity contribution in [1.29, 1.82) is 0 Å². The highest BCUT2D eigenvalue weighted by atomic mass is 32.2. The van der Waals surface area contributed by atoms with Gasteiger partial charge in [-0.1, -0.05) is 42.1 Å².